The van der Waals surface area contributed by atoms with Crippen LogP contribution in [0.5, 0.6) is 0 Å². The number of rotatable bonds is 3. The standard InChI is InChI=1S/C14H11BrO2S/c1-9-2-3-10(15)8-12(9)13-6-4-11(18-13)5-7-14(16)17/h2-8H,1H3,(H,16,17)/b7-5+. The van der Waals surface area contributed by atoms with Crippen LogP contribution in [0.15, 0.2) is 40.9 Å². The van der Waals surface area contributed by atoms with Gasteiger partial charge in [0.2, 0.25) is 0 Å². The zero-order valence-electron chi connectivity index (χ0n) is 9.68. The van der Waals surface area contributed by atoms with Crippen LogP contribution in [0.3, 0.4) is 0 Å². The van der Waals surface area contributed by atoms with Crippen LogP contribution in [-0.4, -0.2) is 11.1 Å². The highest BCUT2D eigenvalue weighted by Crippen LogP contribution is 2.32. The van der Waals surface area contributed by atoms with E-state index < -0.39 is 5.97 Å². The molecule has 92 valence electrons. The van der Waals surface area contributed by atoms with Gasteiger partial charge in [-0.05, 0) is 48.4 Å². The van der Waals surface area contributed by atoms with Gasteiger partial charge in [0.15, 0.2) is 0 Å². The van der Waals surface area contributed by atoms with Crippen molar-refractivity contribution in [3.8, 4) is 10.4 Å². The van der Waals surface area contributed by atoms with E-state index in [1.807, 2.05) is 18.2 Å². The fourth-order valence-electron chi connectivity index (χ4n) is 1.60. The molecule has 0 fully saturated rings. The number of halogens is 1. The van der Waals surface area contributed by atoms with E-state index in [9.17, 15) is 4.79 Å². The first kappa shape index (κ1) is 13.1. The van der Waals surface area contributed by atoms with Crippen molar-refractivity contribution in [3.63, 3.8) is 0 Å². The summed E-state index contributed by atoms with van der Waals surface area (Å²) in [5.41, 5.74) is 2.37. The fourth-order valence-corrected chi connectivity index (χ4v) is 2.95. The molecule has 0 bridgehead atoms. The number of carboxylic acid groups (broad SMARTS) is 1. The van der Waals surface area contributed by atoms with Crippen LogP contribution < -0.4 is 0 Å². The van der Waals surface area contributed by atoms with E-state index in [1.165, 1.54) is 11.1 Å². The third-order valence-electron chi connectivity index (χ3n) is 2.48. The highest BCUT2D eigenvalue weighted by Gasteiger charge is 2.05. The van der Waals surface area contributed by atoms with Crippen molar-refractivity contribution in [1.29, 1.82) is 0 Å². The maximum absolute atomic E-state index is 10.5. The second-order valence-corrected chi connectivity index (χ2v) is 5.86. The Bertz CT molecular complexity index is 614. The maximum Gasteiger partial charge on any atom is 0.328 e. The molecule has 0 saturated heterocycles. The molecule has 2 rings (SSSR count). The van der Waals surface area contributed by atoms with Crippen molar-refractivity contribution < 1.29 is 9.90 Å². The van der Waals surface area contributed by atoms with Gasteiger partial charge in [0.05, 0.1) is 0 Å². The quantitative estimate of drug-likeness (QED) is 0.839. The lowest BCUT2D eigenvalue weighted by Crippen LogP contribution is -1.84. The largest absolute Gasteiger partial charge is 0.478 e. The molecule has 1 N–H and O–H groups in total. The summed E-state index contributed by atoms with van der Waals surface area (Å²) >= 11 is 5.04. The second kappa shape index (κ2) is 5.50. The third-order valence-corrected chi connectivity index (χ3v) is 4.06. The topological polar surface area (TPSA) is 37.3 Å². The van der Waals surface area contributed by atoms with Gasteiger partial charge in [-0.15, -0.1) is 11.3 Å². The molecule has 0 aliphatic rings. The minimum atomic E-state index is -0.927. The summed E-state index contributed by atoms with van der Waals surface area (Å²) in [5, 5.41) is 8.59. The summed E-state index contributed by atoms with van der Waals surface area (Å²) < 4.78 is 1.04. The number of hydrogen-bond acceptors (Lipinski definition) is 2. The van der Waals surface area contributed by atoms with Gasteiger partial charge in [0, 0.05) is 20.3 Å². The van der Waals surface area contributed by atoms with Crippen molar-refractivity contribution in [2.24, 2.45) is 0 Å². The Labute approximate surface area is 118 Å². The van der Waals surface area contributed by atoms with Gasteiger partial charge in [-0.1, -0.05) is 22.0 Å². The molecule has 0 unspecified atom stereocenters. The van der Waals surface area contributed by atoms with E-state index in [4.69, 9.17) is 5.11 Å². The lowest BCUT2D eigenvalue weighted by molar-refractivity contribution is -0.131. The van der Waals surface area contributed by atoms with Gasteiger partial charge in [-0.2, -0.15) is 0 Å². The van der Waals surface area contributed by atoms with E-state index in [2.05, 4.69) is 35.0 Å². The minimum Gasteiger partial charge on any atom is -0.478 e. The first-order chi connectivity index (χ1) is 8.56. The van der Waals surface area contributed by atoms with Crippen molar-refractivity contribution in [3.05, 3.63) is 51.3 Å². The average Bonchev–Trinajstić information content (AvgIpc) is 2.78. The van der Waals surface area contributed by atoms with Crippen molar-refractivity contribution in [2.75, 3.05) is 0 Å². The fraction of sp³-hybridized carbons (Fsp3) is 0.0714. The number of hydrogen-bond donors (Lipinski definition) is 1. The minimum absolute atomic E-state index is 0.927. The zero-order chi connectivity index (χ0) is 13.1. The van der Waals surface area contributed by atoms with Gasteiger partial charge >= 0.3 is 5.97 Å². The number of carboxylic acids is 1. The summed E-state index contributed by atoms with van der Waals surface area (Å²) in [5.74, 6) is -0.927. The van der Waals surface area contributed by atoms with Gasteiger partial charge < -0.3 is 5.11 Å². The van der Waals surface area contributed by atoms with Crippen LogP contribution in [0.4, 0.5) is 0 Å². The predicted molar refractivity (Wildman–Crippen MR) is 78.9 cm³/mol. The molecule has 2 nitrogen and oxygen atoms in total. The molecule has 0 aliphatic carbocycles. The molecular formula is C14H11BrO2S. The Kier molecular flexibility index (Phi) is 3.99. The molecule has 2 aromatic rings. The summed E-state index contributed by atoms with van der Waals surface area (Å²) in [6, 6.07) is 10.1. The first-order valence-corrected chi connectivity index (χ1v) is 6.94. The molecule has 0 amide bonds. The van der Waals surface area contributed by atoms with Crippen LogP contribution in [-0.2, 0) is 4.79 Å². The number of aryl methyl sites for hydroxylation is 1. The molecule has 4 heteroatoms. The van der Waals surface area contributed by atoms with Gasteiger partial charge in [-0.3, -0.25) is 0 Å². The summed E-state index contributed by atoms with van der Waals surface area (Å²) in [6.45, 7) is 2.06. The summed E-state index contributed by atoms with van der Waals surface area (Å²) in [6.07, 6.45) is 2.77. The SMILES string of the molecule is Cc1ccc(Br)cc1-c1ccc(/C=C/C(=O)O)s1. The predicted octanol–water partition coefficient (Wildman–Crippen LogP) is 4.58. The number of benzene rings is 1. The molecule has 0 aliphatic heterocycles. The normalized spacial score (nSPS) is 11.0. The highest BCUT2D eigenvalue weighted by atomic mass is 79.9. The molecule has 18 heavy (non-hydrogen) atoms. The number of aliphatic carboxylic acids is 1. The maximum atomic E-state index is 10.5. The van der Waals surface area contributed by atoms with E-state index in [1.54, 1.807) is 17.4 Å². The Morgan fingerprint density at radius 1 is 1.33 bits per heavy atom. The lowest BCUT2D eigenvalue weighted by Gasteiger charge is -2.03. The monoisotopic (exact) mass is 322 g/mol. The van der Waals surface area contributed by atoms with E-state index >= 15 is 0 Å². The Morgan fingerprint density at radius 3 is 2.83 bits per heavy atom. The molecule has 1 aromatic heterocycles. The number of thiophene rings is 1. The van der Waals surface area contributed by atoms with Crippen molar-refractivity contribution in [1.82, 2.24) is 0 Å². The molecule has 0 radical (unpaired) electrons. The zero-order valence-corrected chi connectivity index (χ0v) is 12.1. The third kappa shape index (κ3) is 3.09. The van der Waals surface area contributed by atoms with Crippen LogP contribution in [0.2, 0.25) is 0 Å². The number of carbonyl (C=O) groups is 1. The first-order valence-electron chi connectivity index (χ1n) is 5.33. The van der Waals surface area contributed by atoms with Gasteiger partial charge in [-0.25, -0.2) is 4.79 Å². The average molecular weight is 323 g/mol. The molecule has 0 spiro atoms. The molecule has 1 heterocycles. The van der Waals surface area contributed by atoms with Gasteiger partial charge in [0.25, 0.3) is 0 Å². The molecule has 0 atom stereocenters. The highest BCUT2D eigenvalue weighted by molar-refractivity contribution is 9.10. The van der Waals surface area contributed by atoms with Crippen molar-refractivity contribution in [2.45, 2.75) is 6.92 Å². The molecule has 0 saturated carbocycles. The second-order valence-electron chi connectivity index (χ2n) is 3.83. The Hall–Kier alpha value is -1.39. The van der Waals surface area contributed by atoms with E-state index in [0.717, 1.165) is 20.3 Å². The summed E-state index contributed by atoms with van der Waals surface area (Å²) in [4.78, 5) is 12.5. The van der Waals surface area contributed by atoms with E-state index in [0.29, 0.717) is 0 Å². The van der Waals surface area contributed by atoms with Gasteiger partial charge in [0.1, 0.15) is 0 Å². The summed E-state index contributed by atoms with van der Waals surface area (Å²) in [7, 11) is 0. The molecule has 1 aromatic carbocycles. The van der Waals surface area contributed by atoms with E-state index in [-0.39, 0.29) is 0 Å². The van der Waals surface area contributed by atoms with Crippen LogP contribution in [0.25, 0.3) is 16.5 Å². The van der Waals surface area contributed by atoms with Crippen LogP contribution >= 0.6 is 27.3 Å². The van der Waals surface area contributed by atoms with Crippen LogP contribution in [0.1, 0.15) is 10.4 Å². The van der Waals surface area contributed by atoms with Crippen molar-refractivity contribution >= 4 is 39.3 Å². The Morgan fingerprint density at radius 2 is 2.11 bits per heavy atom. The molecular weight excluding hydrogens is 312 g/mol. The Balaban J connectivity index is 2.35. The smallest absolute Gasteiger partial charge is 0.328 e. The lowest BCUT2D eigenvalue weighted by atomic mass is 10.1. The van der Waals surface area contributed by atoms with Crippen LogP contribution in [0, 0.1) is 6.92 Å².